The van der Waals surface area contributed by atoms with Crippen molar-refractivity contribution in [2.75, 3.05) is 6.54 Å². The molecule has 0 aliphatic carbocycles. The molecule has 3 aromatic rings. The highest BCUT2D eigenvalue weighted by atomic mass is 35.5. The van der Waals surface area contributed by atoms with Crippen LogP contribution in [0.2, 0.25) is 5.02 Å². The second-order valence-electron chi connectivity index (χ2n) is 6.96. The summed E-state index contributed by atoms with van der Waals surface area (Å²) in [4.78, 5) is 12.2. The fraction of sp³-hybridized carbons (Fsp3) is 0.208. The minimum atomic E-state index is -1.14. The maximum absolute atomic E-state index is 12.2. The molecular weight excluding hydrogens is 370 g/mol. The molecule has 0 bridgehead atoms. The van der Waals surface area contributed by atoms with Crippen molar-refractivity contribution in [3.63, 3.8) is 0 Å². The summed E-state index contributed by atoms with van der Waals surface area (Å²) >= 11 is 6.02. The first kappa shape index (κ1) is 20.1. The smallest absolute Gasteiger partial charge is 0.251 e. The van der Waals surface area contributed by atoms with E-state index in [-0.39, 0.29) is 5.91 Å². The Morgan fingerprint density at radius 2 is 1.50 bits per heavy atom. The molecule has 1 amide bonds. The van der Waals surface area contributed by atoms with Gasteiger partial charge in [-0.3, -0.25) is 4.79 Å². The van der Waals surface area contributed by atoms with Crippen molar-refractivity contribution in [1.82, 2.24) is 5.32 Å². The third kappa shape index (κ3) is 4.80. The van der Waals surface area contributed by atoms with E-state index >= 15 is 0 Å². The molecule has 1 atom stereocenters. The van der Waals surface area contributed by atoms with Crippen LogP contribution in [0.4, 0.5) is 0 Å². The van der Waals surface area contributed by atoms with Crippen molar-refractivity contribution in [1.29, 1.82) is 0 Å². The van der Waals surface area contributed by atoms with Gasteiger partial charge in [0.1, 0.15) is 5.60 Å². The monoisotopic (exact) mass is 393 g/mol. The van der Waals surface area contributed by atoms with Crippen LogP contribution in [0.15, 0.2) is 78.9 Å². The first-order valence-corrected chi connectivity index (χ1v) is 9.76. The highest BCUT2D eigenvalue weighted by molar-refractivity contribution is 6.30. The zero-order valence-electron chi connectivity index (χ0n) is 15.9. The third-order valence-electron chi connectivity index (χ3n) is 4.89. The van der Waals surface area contributed by atoms with E-state index in [1.165, 1.54) is 0 Å². The third-order valence-corrected chi connectivity index (χ3v) is 5.14. The molecule has 3 nitrogen and oxygen atoms in total. The van der Waals surface area contributed by atoms with Crippen LogP contribution in [0.1, 0.15) is 39.9 Å². The fourth-order valence-electron chi connectivity index (χ4n) is 3.25. The van der Waals surface area contributed by atoms with Gasteiger partial charge in [0, 0.05) is 17.1 Å². The highest BCUT2D eigenvalue weighted by Gasteiger charge is 2.31. The zero-order valence-corrected chi connectivity index (χ0v) is 16.6. The number of halogens is 1. The summed E-state index contributed by atoms with van der Waals surface area (Å²) in [6.07, 6.45) is 1.11. The van der Waals surface area contributed by atoms with Crippen LogP contribution in [0, 0.1) is 6.92 Å². The van der Waals surface area contributed by atoms with E-state index in [1.54, 1.807) is 24.3 Å². The van der Waals surface area contributed by atoms with Gasteiger partial charge in [-0.05, 0) is 55.2 Å². The average molecular weight is 394 g/mol. The van der Waals surface area contributed by atoms with Crippen molar-refractivity contribution in [3.05, 3.63) is 106 Å². The van der Waals surface area contributed by atoms with Crippen molar-refractivity contribution >= 4 is 17.5 Å². The van der Waals surface area contributed by atoms with E-state index in [4.69, 9.17) is 11.6 Å². The molecule has 2 N–H and O–H groups in total. The molecule has 0 saturated heterocycles. The van der Waals surface area contributed by atoms with Crippen LogP contribution in [-0.4, -0.2) is 17.6 Å². The highest BCUT2D eigenvalue weighted by Crippen LogP contribution is 2.34. The maximum Gasteiger partial charge on any atom is 0.251 e. The van der Waals surface area contributed by atoms with E-state index in [0.717, 1.165) is 16.7 Å². The van der Waals surface area contributed by atoms with Gasteiger partial charge in [0.15, 0.2) is 0 Å². The second kappa shape index (κ2) is 9.05. The summed E-state index contributed by atoms with van der Waals surface area (Å²) in [6.45, 7) is 2.50. The summed E-state index contributed by atoms with van der Waals surface area (Å²) < 4.78 is 0. The molecule has 0 aliphatic rings. The minimum Gasteiger partial charge on any atom is -0.380 e. The average Bonchev–Trinajstić information content (AvgIpc) is 2.72. The summed E-state index contributed by atoms with van der Waals surface area (Å²) in [7, 11) is 0. The Bertz CT molecular complexity index is 860. The van der Waals surface area contributed by atoms with Crippen LogP contribution in [0.3, 0.4) is 0 Å². The van der Waals surface area contributed by atoms with E-state index in [1.807, 2.05) is 61.5 Å². The number of carbonyl (C=O) groups is 1. The standard InChI is InChI=1S/C24H24ClNO2/c1-18-8-10-20(11-9-18)24(28,21-12-14-22(25)15-13-21)16-5-17-26-23(27)19-6-3-2-4-7-19/h2-4,6-15,28H,5,16-17H2,1H3,(H,26,27). The molecule has 0 aromatic heterocycles. The molecule has 0 saturated carbocycles. The van der Waals surface area contributed by atoms with Crippen LogP contribution in [-0.2, 0) is 5.60 Å². The number of nitrogens with one attached hydrogen (secondary N) is 1. The number of benzene rings is 3. The van der Waals surface area contributed by atoms with E-state index < -0.39 is 5.60 Å². The van der Waals surface area contributed by atoms with Crippen molar-refractivity contribution in [3.8, 4) is 0 Å². The summed E-state index contributed by atoms with van der Waals surface area (Å²) in [5, 5.41) is 15.1. The molecular formula is C24H24ClNO2. The first-order chi connectivity index (χ1) is 13.5. The van der Waals surface area contributed by atoms with Crippen LogP contribution in [0.5, 0.6) is 0 Å². The van der Waals surface area contributed by atoms with Crippen molar-refractivity contribution in [2.45, 2.75) is 25.4 Å². The van der Waals surface area contributed by atoms with Gasteiger partial charge in [-0.2, -0.15) is 0 Å². The van der Waals surface area contributed by atoms with Crippen molar-refractivity contribution in [2.24, 2.45) is 0 Å². The number of rotatable bonds is 7. The predicted molar refractivity (Wildman–Crippen MR) is 114 cm³/mol. The molecule has 4 heteroatoms. The van der Waals surface area contributed by atoms with Gasteiger partial charge in [0.05, 0.1) is 0 Å². The molecule has 3 aromatic carbocycles. The Morgan fingerprint density at radius 1 is 0.929 bits per heavy atom. The molecule has 0 radical (unpaired) electrons. The van der Waals surface area contributed by atoms with E-state index in [0.29, 0.717) is 30.0 Å². The lowest BCUT2D eigenvalue weighted by Crippen LogP contribution is -2.30. The lowest BCUT2D eigenvalue weighted by atomic mass is 9.82. The number of hydrogen-bond donors (Lipinski definition) is 2. The largest absolute Gasteiger partial charge is 0.380 e. The van der Waals surface area contributed by atoms with Crippen molar-refractivity contribution < 1.29 is 9.90 Å². The molecule has 3 rings (SSSR count). The van der Waals surface area contributed by atoms with Gasteiger partial charge in [0.25, 0.3) is 5.91 Å². The lowest BCUT2D eigenvalue weighted by Gasteiger charge is -2.30. The van der Waals surface area contributed by atoms with E-state index in [9.17, 15) is 9.90 Å². The number of aryl methyl sites for hydroxylation is 1. The Hall–Kier alpha value is -2.62. The maximum atomic E-state index is 12.2. The van der Waals surface area contributed by atoms with Gasteiger partial charge >= 0.3 is 0 Å². The summed E-state index contributed by atoms with van der Waals surface area (Å²) in [5.41, 5.74) is 2.24. The second-order valence-corrected chi connectivity index (χ2v) is 7.40. The van der Waals surface area contributed by atoms with Gasteiger partial charge in [0.2, 0.25) is 0 Å². The van der Waals surface area contributed by atoms with E-state index in [2.05, 4.69) is 5.32 Å². The number of amides is 1. The number of aliphatic hydroxyl groups is 1. The van der Waals surface area contributed by atoms with Gasteiger partial charge in [-0.1, -0.05) is 71.8 Å². The van der Waals surface area contributed by atoms with Gasteiger partial charge < -0.3 is 10.4 Å². The molecule has 0 fully saturated rings. The predicted octanol–water partition coefficient (Wildman–Crippen LogP) is 5.09. The lowest BCUT2D eigenvalue weighted by molar-refractivity contribution is 0.0679. The normalized spacial score (nSPS) is 13.0. The van der Waals surface area contributed by atoms with Gasteiger partial charge in [-0.25, -0.2) is 0 Å². The van der Waals surface area contributed by atoms with Crippen LogP contribution >= 0.6 is 11.6 Å². The van der Waals surface area contributed by atoms with Crippen LogP contribution in [0.25, 0.3) is 0 Å². The Balaban J connectivity index is 1.72. The molecule has 0 spiro atoms. The molecule has 0 heterocycles. The zero-order chi connectivity index (χ0) is 20.0. The minimum absolute atomic E-state index is 0.106. The quantitative estimate of drug-likeness (QED) is 0.549. The fourth-order valence-corrected chi connectivity index (χ4v) is 3.37. The Labute approximate surface area is 171 Å². The topological polar surface area (TPSA) is 49.3 Å². The first-order valence-electron chi connectivity index (χ1n) is 9.38. The SMILES string of the molecule is Cc1ccc(C(O)(CCCNC(=O)c2ccccc2)c2ccc(Cl)cc2)cc1. The van der Waals surface area contributed by atoms with Gasteiger partial charge in [-0.15, -0.1) is 0 Å². The summed E-state index contributed by atoms with van der Waals surface area (Å²) in [5.74, 6) is -0.106. The molecule has 1 unspecified atom stereocenters. The summed E-state index contributed by atoms with van der Waals surface area (Å²) in [6, 6.07) is 24.3. The Kier molecular flexibility index (Phi) is 6.50. The number of hydrogen-bond acceptors (Lipinski definition) is 2. The molecule has 28 heavy (non-hydrogen) atoms. The number of carbonyl (C=O) groups excluding carboxylic acids is 1. The molecule has 0 aliphatic heterocycles. The van der Waals surface area contributed by atoms with Crippen LogP contribution < -0.4 is 5.32 Å². The molecule has 144 valence electrons. The Morgan fingerprint density at radius 3 is 2.11 bits per heavy atom.